The predicted octanol–water partition coefficient (Wildman–Crippen LogP) is 4.31. The summed E-state index contributed by atoms with van der Waals surface area (Å²) in [7, 11) is 0. The zero-order chi connectivity index (χ0) is 19.1. The van der Waals surface area contributed by atoms with E-state index in [1.807, 2.05) is 6.92 Å². The zero-order valence-electron chi connectivity index (χ0n) is 13.9. The molecule has 0 aliphatic carbocycles. The lowest BCUT2D eigenvalue weighted by Gasteiger charge is -2.06. The quantitative estimate of drug-likeness (QED) is 0.452. The van der Waals surface area contributed by atoms with Crippen molar-refractivity contribution >= 4 is 23.4 Å². The molecule has 0 unspecified atom stereocenters. The number of nitro benzene ring substituents is 1. The molecule has 26 heavy (non-hydrogen) atoms. The van der Waals surface area contributed by atoms with Gasteiger partial charge in [0.15, 0.2) is 5.75 Å². The highest BCUT2D eigenvalue weighted by atomic mass is 19.1. The number of halogens is 2. The van der Waals surface area contributed by atoms with E-state index in [1.165, 1.54) is 30.3 Å². The number of para-hydroxylation sites is 1. The second-order valence-corrected chi connectivity index (χ2v) is 5.25. The van der Waals surface area contributed by atoms with Crippen molar-refractivity contribution in [3.05, 3.63) is 69.8 Å². The number of rotatable bonds is 7. The molecular weight excluding hydrogens is 346 g/mol. The van der Waals surface area contributed by atoms with Crippen LogP contribution in [-0.4, -0.2) is 17.4 Å². The number of benzene rings is 2. The van der Waals surface area contributed by atoms with E-state index in [1.54, 1.807) is 0 Å². The number of amides is 1. The van der Waals surface area contributed by atoms with Crippen molar-refractivity contribution in [3.8, 4) is 5.75 Å². The first-order valence-corrected chi connectivity index (χ1v) is 7.76. The van der Waals surface area contributed by atoms with Gasteiger partial charge < -0.3 is 10.1 Å². The third-order valence-electron chi connectivity index (χ3n) is 3.28. The molecule has 0 saturated carbocycles. The normalized spacial score (nSPS) is 10.7. The Morgan fingerprint density at radius 2 is 1.96 bits per heavy atom. The number of carbonyl (C=O) groups excluding carboxylic acids is 1. The van der Waals surface area contributed by atoms with Crippen LogP contribution in [0.5, 0.6) is 5.75 Å². The van der Waals surface area contributed by atoms with E-state index >= 15 is 0 Å². The first-order valence-electron chi connectivity index (χ1n) is 7.76. The maximum Gasteiger partial charge on any atom is 0.311 e. The monoisotopic (exact) mass is 362 g/mol. The van der Waals surface area contributed by atoms with Gasteiger partial charge in [0.1, 0.15) is 17.3 Å². The lowest BCUT2D eigenvalue weighted by atomic mass is 10.1. The summed E-state index contributed by atoms with van der Waals surface area (Å²) in [4.78, 5) is 22.4. The molecule has 0 heterocycles. The molecule has 0 fully saturated rings. The molecule has 0 spiro atoms. The van der Waals surface area contributed by atoms with Crippen LogP contribution in [0.25, 0.3) is 6.08 Å². The van der Waals surface area contributed by atoms with Crippen LogP contribution in [-0.2, 0) is 4.79 Å². The molecule has 8 heteroatoms. The van der Waals surface area contributed by atoms with Crippen LogP contribution in [0.2, 0.25) is 0 Å². The van der Waals surface area contributed by atoms with Crippen LogP contribution in [0.1, 0.15) is 18.9 Å². The van der Waals surface area contributed by atoms with Gasteiger partial charge in [-0.3, -0.25) is 14.9 Å². The summed E-state index contributed by atoms with van der Waals surface area (Å²) in [6.07, 6.45) is 3.02. The van der Waals surface area contributed by atoms with Crippen molar-refractivity contribution in [2.24, 2.45) is 0 Å². The van der Waals surface area contributed by atoms with E-state index in [4.69, 9.17) is 4.74 Å². The van der Waals surface area contributed by atoms with Crippen LogP contribution in [0.15, 0.2) is 42.5 Å². The predicted molar refractivity (Wildman–Crippen MR) is 92.9 cm³/mol. The van der Waals surface area contributed by atoms with Gasteiger partial charge in [-0.1, -0.05) is 19.1 Å². The molecular formula is C18H16F2N2O4. The molecule has 1 amide bonds. The number of hydrogen-bond acceptors (Lipinski definition) is 4. The number of carbonyl (C=O) groups is 1. The van der Waals surface area contributed by atoms with Crippen molar-refractivity contribution < 1.29 is 23.2 Å². The Bertz CT molecular complexity index is 833. The molecule has 0 aromatic heterocycles. The maximum atomic E-state index is 13.5. The summed E-state index contributed by atoms with van der Waals surface area (Å²) >= 11 is 0. The lowest BCUT2D eigenvalue weighted by Crippen LogP contribution is -2.10. The Labute approximate surface area is 148 Å². The molecule has 1 N–H and O–H groups in total. The minimum Gasteiger partial charge on any atom is -0.487 e. The van der Waals surface area contributed by atoms with Crippen molar-refractivity contribution in [3.63, 3.8) is 0 Å². The summed E-state index contributed by atoms with van der Waals surface area (Å²) in [6, 6.07) is 7.42. The molecule has 0 aliphatic rings. The molecule has 2 aromatic carbocycles. The Balaban J connectivity index is 2.15. The van der Waals surface area contributed by atoms with Gasteiger partial charge in [-0.25, -0.2) is 8.78 Å². The van der Waals surface area contributed by atoms with Gasteiger partial charge in [-0.15, -0.1) is 0 Å². The van der Waals surface area contributed by atoms with Crippen LogP contribution < -0.4 is 10.1 Å². The molecule has 0 radical (unpaired) electrons. The van der Waals surface area contributed by atoms with Gasteiger partial charge in [0.2, 0.25) is 5.91 Å². The number of anilines is 1. The Morgan fingerprint density at radius 1 is 1.27 bits per heavy atom. The zero-order valence-corrected chi connectivity index (χ0v) is 13.9. The van der Waals surface area contributed by atoms with Crippen LogP contribution >= 0.6 is 0 Å². The third-order valence-corrected chi connectivity index (χ3v) is 3.28. The minimum absolute atomic E-state index is 0.131. The summed E-state index contributed by atoms with van der Waals surface area (Å²) in [5, 5.41) is 13.2. The number of ether oxygens (including phenoxy) is 1. The van der Waals surface area contributed by atoms with Crippen LogP contribution in [0.3, 0.4) is 0 Å². The fourth-order valence-electron chi connectivity index (χ4n) is 2.07. The topological polar surface area (TPSA) is 81.5 Å². The average molecular weight is 362 g/mol. The number of nitrogens with one attached hydrogen (secondary N) is 1. The van der Waals surface area contributed by atoms with E-state index in [2.05, 4.69) is 5.32 Å². The van der Waals surface area contributed by atoms with E-state index in [0.29, 0.717) is 18.6 Å². The largest absolute Gasteiger partial charge is 0.487 e. The van der Waals surface area contributed by atoms with Gasteiger partial charge in [0.25, 0.3) is 0 Å². The van der Waals surface area contributed by atoms with E-state index < -0.39 is 28.2 Å². The first-order chi connectivity index (χ1) is 12.4. The second kappa shape index (κ2) is 8.70. The molecule has 2 aromatic rings. The Morgan fingerprint density at radius 3 is 2.58 bits per heavy atom. The van der Waals surface area contributed by atoms with Crippen LogP contribution in [0, 0.1) is 21.7 Å². The highest BCUT2D eigenvalue weighted by Crippen LogP contribution is 2.28. The highest BCUT2D eigenvalue weighted by Gasteiger charge is 2.15. The third kappa shape index (κ3) is 4.85. The Kier molecular flexibility index (Phi) is 6.37. The van der Waals surface area contributed by atoms with Crippen molar-refractivity contribution in [2.45, 2.75) is 13.3 Å². The molecule has 136 valence electrons. The van der Waals surface area contributed by atoms with E-state index in [9.17, 15) is 23.7 Å². The number of nitro groups is 1. The molecule has 2 rings (SSSR count). The molecule has 0 saturated heterocycles. The van der Waals surface area contributed by atoms with E-state index in [0.717, 1.165) is 18.2 Å². The van der Waals surface area contributed by atoms with Crippen molar-refractivity contribution in [1.82, 2.24) is 0 Å². The molecule has 6 nitrogen and oxygen atoms in total. The highest BCUT2D eigenvalue weighted by molar-refractivity contribution is 6.02. The van der Waals surface area contributed by atoms with Gasteiger partial charge in [-0.05, 0) is 36.3 Å². The summed E-state index contributed by atoms with van der Waals surface area (Å²) in [5.74, 6) is -2.45. The first kappa shape index (κ1) is 19.0. The van der Waals surface area contributed by atoms with E-state index in [-0.39, 0.29) is 11.4 Å². The minimum atomic E-state index is -0.903. The smallest absolute Gasteiger partial charge is 0.311 e. The molecule has 0 aliphatic heterocycles. The maximum absolute atomic E-state index is 13.5. The van der Waals surface area contributed by atoms with Crippen molar-refractivity contribution in [1.29, 1.82) is 0 Å². The Hall–Kier alpha value is -3.29. The summed E-state index contributed by atoms with van der Waals surface area (Å²) < 4.78 is 32.3. The fourth-order valence-corrected chi connectivity index (χ4v) is 2.07. The number of nitrogens with zero attached hydrogens (tertiary/aromatic N) is 1. The molecule has 0 atom stereocenters. The standard InChI is InChI=1S/C18H16F2N2O4/c1-2-10-26-16-8-6-12(11-15(16)22(24)25)7-9-17(23)21-18-13(19)4-3-5-14(18)20/h3-9,11H,2,10H2,1H3,(H,21,23)/b9-7+. The number of hydrogen-bond donors (Lipinski definition) is 1. The van der Waals surface area contributed by atoms with Gasteiger partial charge in [0.05, 0.1) is 11.5 Å². The van der Waals surface area contributed by atoms with Gasteiger partial charge >= 0.3 is 5.69 Å². The summed E-state index contributed by atoms with van der Waals surface area (Å²) in [5.41, 5.74) is -0.428. The molecule has 0 bridgehead atoms. The fraction of sp³-hybridized carbons (Fsp3) is 0.167. The SMILES string of the molecule is CCCOc1ccc(/C=C/C(=O)Nc2c(F)cccc2F)cc1[N+](=O)[O-]. The average Bonchev–Trinajstić information content (AvgIpc) is 2.61. The van der Waals surface area contributed by atoms with Gasteiger partial charge in [-0.2, -0.15) is 0 Å². The van der Waals surface area contributed by atoms with Gasteiger partial charge in [0, 0.05) is 12.1 Å². The van der Waals surface area contributed by atoms with Crippen LogP contribution in [0.4, 0.5) is 20.2 Å². The lowest BCUT2D eigenvalue weighted by molar-refractivity contribution is -0.385. The van der Waals surface area contributed by atoms with Crippen molar-refractivity contribution in [2.75, 3.05) is 11.9 Å². The summed E-state index contributed by atoms with van der Waals surface area (Å²) in [6.45, 7) is 2.21. The second-order valence-electron chi connectivity index (χ2n) is 5.25.